The van der Waals surface area contributed by atoms with Gasteiger partial charge in [0.2, 0.25) is 5.91 Å². The molecule has 0 aliphatic carbocycles. The molecule has 0 aromatic carbocycles. The fraction of sp³-hybridized carbons (Fsp3) is 0.778. The molecule has 17 heavy (non-hydrogen) atoms. The summed E-state index contributed by atoms with van der Waals surface area (Å²) in [6.07, 6.45) is -3.61. The summed E-state index contributed by atoms with van der Waals surface area (Å²) in [4.78, 5) is 21.8. The Hall–Kier alpha value is -1.31. The van der Waals surface area contributed by atoms with Gasteiger partial charge in [-0.15, -0.1) is 0 Å². The van der Waals surface area contributed by atoms with E-state index in [-0.39, 0.29) is 6.42 Å². The van der Waals surface area contributed by atoms with E-state index in [4.69, 9.17) is 5.11 Å². The maximum absolute atomic E-state index is 11.7. The van der Waals surface area contributed by atoms with Crippen LogP contribution in [0.2, 0.25) is 0 Å². The summed E-state index contributed by atoms with van der Waals surface area (Å²) in [7, 11) is 0. The van der Waals surface area contributed by atoms with Crippen molar-refractivity contribution in [1.29, 1.82) is 0 Å². The lowest BCUT2D eigenvalue weighted by atomic mass is 10.1. The fourth-order valence-electron chi connectivity index (χ4n) is 1.11. The molecule has 1 atom stereocenters. The number of carbonyl (C=O) groups excluding carboxylic acids is 1. The maximum atomic E-state index is 11.7. The minimum absolute atomic E-state index is 0.236. The van der Waals surface area contributed by atoms with Crippen molar-refractivity contribution in [2.45, 2.75) is 32.0 Å². The fourth-order valence-corrected chi connectivity index (χ4v) is 1.11. The number of rotatable bonds is 7. The van der Waals surface area contributed by atoms with Crippen molar-refractivity contribution in [3.8, 4) is 0 Å². The molecule has 100 valence electrons. The number of halogens is 3. The molecule has 0 aromatic rings. The molecule has 0 radical (unpaired) electrons. The average molecular weight is 256 g/mol. The Kier molecular flexibility index (Phi) is 6.55. The first-order valence-electron chi connectivity index (χ1n) is 5.06. The molecule has 0 rings (SSSR count). The predicted molar refractivity (Wildman–Crippen MR) is 53.4 cm³/mol. The topological polar surface area (TPSA) is 78.4 Å². The van der Waals surface area contributed by atoms with Gasteiger partial charge in [0.25, 0.3) is 0 Å². The molecule has 0 fully saturated rings. The Morgan fingerprint density at radius 3 is 2.35 bits per heavy atom. The highest BCUT2D eigenvalue weighted by molar-refractivity contribution is 5.84. The van der Waals surface area contributed by atoms with Crippen LogP contribution in [0.5, 0.6) is 0 Å². The number of aliphatic carboxylic acids is 1. The Labute approximate surface area is 96.4 Å². The van der Waals surface area contributed by atoms with Crippen molar-refractivity contribution < 1.29 is 27.9 Å². The Morgan fingerprint density at radius 2 is 1.94 bits per heavy atom. The third-order valence-corrected chi connectivity index (χ3v) is 1.82. The lowest BCUT2D eigenvalue weighted by Gasteiger charge is -2.14. The standard InChI is InChI=1S/C9H15F3N2O3/c1-2-3-6(8(16)17)14-7(15)4-13-5-9(10,11)12/h6,13H,2-5H2,1H3,(H,14,15)(H,16,17)/t6-/m0/s1. The second-order valence-electron chi connectivity index (χ2n) is 3.47. The van der Waals surface area contributed by atoms with Crippen LogP contribution in [-0.2, 0) is 9.59 Å². The Bertz CT molecular complexity index is 269. The van der Waals surface area contributed by atoms with Crippen LogP contribution in [-0.4, -0.2) is 42.3 Å². The summed E-state index contributed by atoms with van der Waals surface area (Å²) in [6.45, 7) is -0.108. The van der Waals surface area contributed by atoms with Gasteiger partial charge in [-0.1, -0.05) is 13.3 Å². The van der Waals surface area contributed by atoms with Crippen molar-refractivity contribution in [1.82, 2.24) is 10.6 Å². The quantitative estimate of drug-likeness (QED) is 0.620. The first-order valence-corrected chi connectivity index (χ1v) is 5.06. The molecule has 0 spiro atoms. The van der Waals surface area contributed by atoms with E-state index in [1.807, 2.05) is 5.32 Å². The molecule has 5 nitrogen and oxygen atoms in total. The van der Waals surface area contributed by atoms with Crippen molar-refractivity contribution in [2.75, 3.05) is 13.1 Å². The van der Waals surface area contributed by atoms with Crippen molar-refractivity contribution in [3.05, 3.63) is 0 Å². The zero-order valence-corrected chi connectivity index (χ0v) is 9.30. The summed E-state index contributed by atoms with van der Waals surface area (Å²) in [5, 5.41) is 12.7. The average Bonchev–Trinajstić information content (AvgIpc) is 2.14. The highest BCUT2D eigenvalue weighted by Gasteiger charge is 2.27. The van der Waals surface area contributed by atoms with Gasteiger partial charge in [0.15, 0.2) is 0 Å². The number of carboxylic acids is 1. The smallest absolute Gasteiger partial charge is 0.401 e. The number of hydrogen-bond acceptors (Lipinski definition) is 3. The molecule has 3 N–H and O–H groups in total. The largest absolute Gasteiger partial charge is 0.480 e. The van der Waals surface area contributed by atoms with Crippen LogP contribution in [0.4, 0.5) is 13.2 Å². The van der Waals surface area contributed by atoms with Crippen LogP contribution in [0.25, 0.3) is 0 Å². The van der Waals surface area contributed by atoms with E-state index in [1.165, 1.54) is 0 Å². The summed E-state index contributed by atoms with van der Waals surface area (Å²) in [5.41, 5.74) is 0. The van der Waals surface area contributed by atoms with Crippen molar-refractivity contribution >= 4 is 11.9 Å². The van der Waals surface area contributed by atoms with Crippen LogP contribution in [0.15, 0.2) is 0 Å². The van der Waals surface area contributed by atoms with Gasteiger partial charge in [-0.25, -0.2) is 4.79 Å². The van der Waals surface area contributed by atoms with E-state index in [0.29, 0.717) is 6.42 Å². The second-order valence-corrected chi connectivity index (χ2v) is 3.47. The van der Waals surface area contributed by atoms with E-state index in [9.17, 15) is 22.8 Å². The molecule has 0 bridgehead atoms. The minimum atomic E-state index is -4.39. The highest BCUT2D eigenvalue weighted by atomic mass is 19.4. The number of carbonyl (C=O) groups is 2. The van der Waals surface area contributed by atoms with Gasteiger partial charge in [-0.05, 0) is 6.42 Å². The summed E-state index contributed by atoms with van der Waals surface area (Å²) in [5.74, 6) is -1.97. The summed E-state index contributed by atoms with van der Waals surface area (Å²) < 4.78 is 35.2. The Balaban J connectivity index is 3.95. The molecule has 0 saturated heterocycles. The molecular weight excluding hydrogens is 241 g/mol. The number of alkyl halides is 3. The maximum Gasteiger partial charge on any atom is 0.401 e. The van der Waals surface area contributed by atoms with Crippen LogP contribution in [0, 0.1) is 0 Å². The first-order chi connectivity index (χ1) is 7.76. The molecule has 1 amide bonds. The number of carboxylic acid groups (broad SMARTS) is 1. The van der Waals surface area contributed by atoms with Crippen LogP contribution in [0.1, 0.15) is 19.8 Å². The van der Waals surface area contributed by atoms with E-state index >= 15 is 0 Å². The summed E-state index contributed by atoms with van der Waals surface area (Å²) >= 11 is 0. The lowest BCUT2D eigenvalue weighted by Crippen LogP contribution is -2.45. The van der Waals surface area contributed by atoms with Gasteiger partial charge in [0.05, 0.1) is 13.1 Å². The molecule has 0 aliphatic heterocycles. The van der Waals surface area contributed by atoms with Crippen LogP contribution in [0.3, 0.4) is 0 Å². The molecule has 0 aliphatic rings. The monoisotopic (exact) mass is 256 g/mol. The molecular formula is C9H15F3N2O3. The van der Waals surface area contributed by atoms with Gasteiger partial charge >= 0.3 is 12.1 Å². The normalized spacial score (nSPS) is 13.2. The van der Waals surface area contributed by atoms with Gasteiger partial charge in [0, 0.05) is 0 Å². The van der Waals surface area contributed by atoms with E-state index in [0.717, 1.165) is 0 Å². The van der Waals surface area contributed by atoms with Crippen LogP contribution >= 0.6 is 0 Å². The minimum Gasteiger partial charge on any atom is -0.480 e. The van der Waals surface area contributed by atoms with Crippen molar-refractivity contribution in [2.24, 2.45) is 0 Å². The third-order valence-electron chi connectivity index (χ3n) is 1.82. The summed E-state index contributed by atoms with van der Waals surface area (Å²) in [6, 6.07) is -1.06. The zero-order chi connectivity index (χ0) is 13.5. The first kappa shape index (κ1) is 15.7. The predicted octanol–water partition coefficient (Wildman–Crippen LogP) is 0.508. The molecule has 0 saturated carbocycles. The SMILES string of the molecule is CCC[C@H](NC(=O)CNCC(F)(F)F)C(=O)O. The van der Waals surface area contributed by atoms with Crippen LogP contribution < -0.4 is 10.6 Å². The molecule has 0 unspecified atom stereocenters. The number of hydrogen-bond donors (Lipinski definition) is 3. The van der Waals surface area contributed by atoms with Crippen molar-refractivity contribution in [3.63, 3.8) is 0 Å². The van der Waals surface area contributed by atoms with Gasteiger partial charge in [0.1, 0.15) is 6.04 Å². The molecule has 8 heteroatoms. The third kappa shape index (κ3) is 8.49. The van der Waals surface area contributed by atoms with E-state index in [2.05, 4.69) is 5.32 Å². The lowest BCUT2D eigenvalue weighted by molar-refractivity contribution is -0.142. The van der Waals surface area contributed by atoms with Gasteiger partial charge in [-0.2, -0.15) is 13.2 Å². The number of amides is 1. The molecule has 0 aromatic heterocycles. The van der Waals surface area contributed by atoms with Gasteiger partial charge in [-0.3, -0.25) is 4.79 Å². The van der Waals surface area contributed by atoms with E-state index < -0.39 is 37.2 Å². The second kappa shape index (κ2) is 7.10. The molecule has 0 heterocycles. The zero-order valence-electron chi connectivity index (χ0n) is 9.30. The Morgan fingerprint density at radius 1 is 1.35 bits per heavy atom. The van der Waals surface area contributed by atoms with Gasteiger partial charge < -0.3 is 15.7 Å². The van der Waals surface area contributed by atoms with E-state index in [1.54, 1.807) is 6.92 Å². The number of nitrogens with one attached hydrogen (secondary N) is 2. The highest BCUT2D eigenvalue weighted by Crippen LogP contribution is 2.11.